The molecule has 3 atom stereocenters. The van der Waals surface area contributed by atoms with Gasteiger partial charge in [0.1, 0.15) is 17.8 Å². The maximum absolute atomic E-state index is 12.6. The van der Waals surface area contributed by atoms with Gasteiger partial charge in [-0.25, -0.2) is 4.79 Å². The summed E-state index contributed by atoms with van der Waals surface area (Å²) in [6.07, 6.45) is 8.28. The molecular weight excluding hydrogens is 458 g/mol. The molecule has 36 heavy (non-hydrogen) atoms. The number of allylic oxidation sites excluding steroid dienone is 1. The molecule has 3 heterocycles. The molecule has 1 aliphatic carbocycles. The SMILES string of the molecule is CCN(CC)CCNC(=O)CCC1CN(C(=O)OC2CCC3(CC2)OC3[C@]2(C)O[C@@H]2CC=C(C)C)C1. The number of likely N-dealkylation sites (tertiary alicyclic amines) is 1. The Morgan fingerprint density at radius 1 is 1.14 bits per heavy atom. The first-order chi connectivity index (χ1) is 17.2. The third-order valence-corrected chi connectivity index (χ3v) is 8.70. The lowest BCUT2D eigenvalue weighted by Crippen LogP contribution is -2.51. The van der Waals surface area contributed by atoms with Gasteiger partial charge in [0.05, 0.1) is 11.7 Å². The summed E-state index contributed by atoms with van der Waals surface area (Å²) in [6.45, 7) is 15.6. The number of epoxide rings is 2. The van der Waals surface area contributed by atoms with Gasteiger partial charge in [0.25, 0.3) is 0 Å². The van der Waals surface area contributed by atoms with Crippen molar-refractivity contribution in [2.24, 2.45) is 5.92 Å². The predicted octanol–water partition coefficient (Wildman–Crippen LogP) is 3.89. The Hall–Kier alpha value is -1.64. The average molecular weight is 506 g/mol. The van der Waals surface area contributed by atoms with Gasteiger partial charge in [-0.1, -0.05) is 25.5 Å². The van der Waals surface area contributed by atoms with Crippen molar-refractivity contribution in [3.63, 3.8) is 0 Å². The summed E-state index contributed by atoms with van der Waals surface area (Å²) in [5, 5.41) is 3.01. The normalized spacial score (nSPS) is 33.3. The van der Waals surface area contributed by atoms with Crippen LogP contribution in [-0.4, -0.2) is 90.6 Å². The molecule has 1 saturated carbocycles. The number of carbonyl (C=O) groups excluding carboxylic acids is 2. The maximum Gasteiger partial charge on any atom is 0.410 e. The zero-order valence-electron chi connectivity index (χ0n) is 23.0. The molecule has 1 unspecified atom stereocenters. The number of carbonyl (C=O) groups is 2. The van der Waals surface area contributed by atoms with E-state index in [0.717, 1.165) is 58.2 Å². The van der Waals surface area contributed by atoms with Gasteiger partial charge in [0, 0.05) is 32.6 Å². The standard InChI is InChI=1S/C28H47N3O5/c1-6-30(7-2)17-16-29-24(32)11-9-21-18-31(19-21)26(33)34-22-12-14-28(15-13-22)25(36-28)27(5)23(35-27)10-8-20(3)4/h8,21-23,25H,6-7,9-19H2,1-5H3,(H,29,32)/t22?,23-,25?,27-,28?/m1/s1. The van der Waals surface area contributed by atoms with Gasteiger partial charge in [-0.15, -0.1) is 0 Å². The summed E-state index contributed by atoms with van der Waals surface area (Å²) in [6, 6.07) is 0. The predicted molar refractivity (Wildman–Crippen MR) is 139 cm³/mol. The number of nitrogens with one attached hydrogen (secondary N) is 1. The van der Waals surface area contributed by atoms with E-state index < -0.39 is 0 Å². The van der Waals surface area contributed by atoms with Crippen molar-refractivity contribution >= 4 is 12.0 Å². The van der Waals surface area contributed by atoms with Crippen molar-refractivity contribution in [1.82, 2.24) is 15.1 Å². The molecule has 0 aromatic carbocycles. The Labute approximate surface area is 217 Å². The van der Waals surface area contributed by atoms with Crippen LogP contribution < -0.4 is 5.32 Å². The van der Waals surface area contributed by atoms with Gasteiger partial charge in [-0.05, 0) is 78.3 Å². The lowest BCUT2D eigenvalue weighted by atomic mass is 9.80. The smallest absolute Gasteiger partial charge is 0.410 e. The van der Waals surface area contributed by atoms with E-state index in [1.807, 2.05) is 0 Å². The number of ether oxygens (including phenoxy) is 3. The highest BCUT2D eigenvalue weighted by Crippen LogP contribution is 2.60. The van der Waals surface area contributed by atoms with Gasteiger partial charge in [-0.3, -0.25) is 4.79 Å². The first-order valence-corrected chi connectivity index (χ1v) is 14.1. The van der Waals surface area contributed by atoms with E-state index in [4.69, 9.17) is 14.2 Å². The van der Waals surface area contributed by atoms with Crippen molar-refractivity contribution in [3.05, 3.63) is 11.6 Å². The minimum absolute atomic E-state index is 0.0296. The Morgan fingerprint density at radius 2 is 1.83 bits per heavy atom. The molecule has 0 aromatic rings. The van der Waals surface area contributed by atoms with Crippen LogP contribution in [0.5, 0.6) is 0 Å². The van der Waals surface area contributed by atoms with Gasteiger partial charge in [0.2, 0.25) is 5.91 Å². The van der Waals surface area contributed by atoms with E-state index in [-0.39, 0.29) is 41.5 Å². The fraction of sp³-hybridized carbons (Fsp3) is 0.857. The van der Waals surface area contributed by atoms with Crippen LogP contribution in [0.1, 0.15) is 79.6 Å². The first kappa shape index (κ1) is 27.4. The Kier molecular flexibility index (Phi) is 8.67. The number of hydrogen-bond acceptors (Lipinski definition) is 6. The van der Waals surface area contributed by atoms with Gasteiger partial charge < -0.3 is 29.3 Å². The van der Waals surface area contributed by atoms with Crippen molar-refractivity contribution in [2.75, 3.05) is 39.3 Å². The summed E-state index contributed by atoms with van der Waals surface area (Å²) in [7, 11) is 0. The molecule has 1 N–H and O–H groups in total. The molecule has 4 fully saturated rings. The van der Waals surface area contributed by atoms with Crippen LogP contribution in [0.2, 0.25) is 0 Å². The van der Waals surface area contributed by atoms with E-state index in [9.17, 15) is 9.59 Å². The fourth-order valence-electron chi connectivity index (χ4n) is 5.98. The Bertz CT molecular complexity index is 810. The monoisotopic (exact) mass is 505 g/mol. The minimum Gasteiger partial charge on any atom is -0.446 e. The quantitative estimate of drug-likeness (QED) is 0.320. The van der Waals surface area contributed by atoms with Gasteiger partial charge in [0.15, 0.2) is 0 Å². The summed E-state index contributed by atoms with van der Waals surface area (Å²) < 4.78 is 18.1. The molecule has 0 radical (unpaired) electrons. The summed E-state index contributed by atoms with van der Waals surface area (Å²) in [5.41, 5.74) is 1.08. The van der Waals surface area contributed by atoms with E-state index >= 15 is 0 Å². The molecule has 8 heteroatoms. The van der Waals surface area contributed by atoms with Crippen LogP contribution in [0.4, 0.5) is 4.79 Å². The summed E-state index contributed by atoms with van der Waals surface area (Å²) in [5.74, 6) is 0.494. The van der Waals surface area contributed by atoms with Crippen molar-refractivity contribution in [2.45, 2.75) is 109 Å². The second kappa shape index (κ2) is 11.4. The highest BCUT2D eigenvalue weighted by Gasteiger charge is 2.73. The van der Waals surface area contributed by atoms with Crippen molar-refractivity contribution < 1.29 is 23.8 Å². The van der Waals surface area contributed by atoms with Gasteiger partial charge in [-0.2, -0.15) is 0 Å². The van der Waals surface area contributed by atoms with Gasteiger partial charge >= 0.3 is 6.09 Å². The lowest BCUT2D eigenvalue weighted by Gasteiger charge is -2.39. The maximum atomic E-state index is 12.6. The van der Waals surface area contributed by atoms with Crippen LogP contribution in [0.3, 0.4) is 0 Å². The molecule has 204 valence electrons. The molecule has 4 aliphatic rings. The number of hydrogen-bond donors (Lipinski definition) is 1. The minimum atomic E-state index is -0.205. The highest BCUT2D eigenvalue weighted by molar-refractivity contribution is 5.76. The highest BCUT2D eigenvalue weighted by atomic mass is 16.7. The van der Waals surface area contributed by atoms with E-state index in [2.05, 4.69) is 50.9 Å². The van der Waals surface area contributed by atoms with Crippen molar-refractivity contribution in [1.29, 1.82) is 0 Å². The van der Waals surface area contributed by atoms with Crippen molar-refractivity contribution in [3.8, 4) is 0 Å². The number of rotatable bonds is 12. The first-order valence-electron chi connectivity index (χ1n) is 14.1. The second-order valence-electron chi connectivity index (χ2n) is 11.6. The third kappa shape index (κ3) is 6.43. The molecule has 0 bridgehead atoms. The molecule has 0 aromatic heterocycles. The van der Waals surface area contributed by atoms with E-state index in [1.165, 1.54) is 5.57 Å². The number of likely N-dealkylation sites (N-methyl/N-ethyl adjacent to an activating group) is 1. The zero-order chi connectivity index (χ0) is 25.9. The van der Waals surface area contributed by atoms with Crippen LogP contribution in [0, 0.1) is 5.92 Å². The summed E-state index contributed by atoms with van der Waals surface area (Å²) in [4.78, 5) is 28.7. The molecule has 4 rings (SSSR count). The number of amides is 2. The van der Waals surface area contributed by atoms with Crippen LogP contribution in [0.15, 0.2) is 11.6 Å². The molecular formula is C28H47N3O5. The Balaban J connectivity index is 1.07. The molecule has 1 spiro atoms. The van der Waals surface area contributed by atoms with Crippen LogP contribution in [-0.2, 0) is 19.0 Å². The van der Waals surface area contributed by atoms with E-state index in [0.29, 0.717) is 32.0 Å². The summed E-state index contributed by atoms with van der Waals surface area (Å²) >= 11 is 0. The molecule has 3 saturated heterocycles. The zero-order valence-corrected chi connectivity index (χ0v) is 23.0. The average Bonchev–Trinajstić information content (AvgIpc) is 3.71. The fourth-order valence-corrected chi connectivity index (χ4v) is 5.98. The van der Waals surface area contributed by atoms with Crippen LogP contribution >= 0.6 is 0 Å². The third-order valence-electron chi connectivity index (χ3n) is 8.70. The molecule has 8 nitrogen and oxygen atoms in total. The largest absolute Gasteiger partial charge is 0.446 e. The number of nitrogens with zero attached hydrogens (tertiary/aromatic N) is 2. The van der Waals surface area contributed by atoms with E-state index in [1.54, 1.807) is 4.90 Å². The Morgan fingerprint density at radius 3 is 2.47 bits per heavy atom. The topological polar surface area (TPSA) is 86.9 Å². The van der Waals surface area contributed by atoms with Crippen LogP contribution in [0.25, 0.3) is 0 Å². The molecule has 3 aliphatic heterocycles. The molecule has 2 amide bonds. The lowest BCUT2D eigenvalue weighted by molar-refractivity contribution is -0.121. The second-order valence-corrected chi connectivity index (χ2v) is 11.6.